The molecule has 0 aromatic carbocycles. The van der Waals surface area contributed by atoms with Gasteiger partial charge in [0.2, 0.25) is 5.91 Å². The highest BCUT2D eigenvalue weighted by Gasteiger charge is 2.21. The topological polar surface area (TPSA) is 64.3 Å². The molecule has 0 aromatic heterocycles. The first kappa shape index (κ1) is 11.8. The fraction of sp³-hybridized carbons (Fsp3) is 0.545. The third-order valence-electron chi connectivity index (χ3n) is 2.31. The van der Waals surface area contributed by atoms with Gasteiger partial charge in [0, 0.05) is 12.6 Å². The van der Waals surface area contributed by atoms with Crippen LogP contribution in [0.2, 0.25) is 0 Å². The predicted octanol–water partition coefficient (Wildman–Crippen LogP) is 0.556. The summed E-state index contributed by atoms with van der Waals surface area (Å²) < 4.78 is 4.94. The lowest BCUT2D eigenvalue weighted by Crippen LogP contribution is -2.31. The lowest BCUT2D eigenvalue weighted by atomic mass is 10.1. The van der Waals surface area contributed by atoms with Crippen LogP contribution in [0.15, 0.2) is 25.0 Å². The summed E-state index contributed by atoms with van der Waals surface area (Å²) in [6.45, 7) is 4.65. The minimum atomic E-state index is -0.0553. The summed E-state index contributed by atoms with van der Waals surface area (Å²) in [6, 6.07) is 0.0323. The first-order chi connectivity index (χ1) is 7.24. The minimum Gasteiger partial charge on any atom is -0.502 e. The van der Waals surface area contributed by atoms with E-state index in [2.05, 4.69) is 11.9 Å². The molecule has 1 rings (SSSR count). The summed E-state index contributed by atoms with van der Waals surface area (Å²) in [4.78, 5) is 11.5. The molecule has 2 unspecified atom stereocenters. The normalized spacial score (nSPS) is 23.8. The van der Waals surface area contributed by atoms with E-state index in [0.29, 0.717) is 13.2 Å². The Morgan fingerprint density at radius 1 is 1.67 bits per heavy atom. The molecule has 4 heteroatoms. The van der Waals surface area contributed by atoms with Crippen LogP contribution < -0.4 is 11.1 Å². The Labute approximate surface area is 90.2 Å². The van der Waals surface area contributed by atoms with Gasteiger partial charge in [-0.2, -0.15) is 0 Å². The van der Waals surface area contributed by atoms with Crippen LogP contribution >= 0.6 is 0 Å². The van der Waals surface area contributed by atoms with Crippen molar-refractivity contribution in [3.8, 4) is 0 Å². The molecule has 1 amide bonds. The minimum absolute atomic E-state index is 0.0323. The summed E-state index contributed by atoms with van der Waals surface area (Å²) in [5.74, 6) is -0.00174. The van der Waals surface area contributed by atoms with E-state index in [1.54, 1.807) is 0 Å². The fourth-order valence-electron chi connectivity index (χ4n) is 1.50. The highest BCUT2D eigenvalue weighted by molar-refractivity contribution is 5.81. The molecule has 15 heavy (non-hydrogen) atoms. The van der Waals surface area contributed by atoms with Gasteiger partial charge in [0.25, 0.3) is 0 Å². The van der Waals surface area contributed by atoms with E-state index < -0.39 is 0 Å². The molecule has 1 aliphatic rings. The van der Waals surface area contributed by atoms with Crippen LogP contribution in [0, 0.1) is 5.92 Å². The van der Waals surface area contributed by atoms with E-state index in [1.165, 1.54) is 6.26 Å². The van der Waals surface area contributed by atoms with Gasteiger partial charge in [-0.15, -0.1) is 0 Å². The van der Waals surface area contributed by atoms with Gasteiger partial charge >= 0.3 is 0 Å². The van der Waals surface area contributed by atoms with E-state index in [4.69, 9.17) is 10.5 Å². The van der Waals surface area contributed by atoms with E-state index >= 15 is 0 Å². The molecule has 0 bridgehead atoms. The van der Waals surface area contributed by atoms with Gasteiger partial charge in [-0.3, -0.25) is 4.79 Å². The second-order valence-corrected chi connectivity index (χ2v) is 3.57. The summed E-state index contributed by atoms with van der Waals surface area (Å²) in [6.07, 6.45) is 6.67. The van der Waals surface area contributed by atoms with E-state index in [0.717, 1.165) is 12.8 Å². The van der Waals surface area contributed by atoms with E-state index in [-0.39, 0.29) is 17.9 Å². The van der Waals surface area contributed by atoms with Gasteiger partial charge in [0.15, 0.2) is 0 Å². The van der Waals surface area contributed by atoms with Crippen molar-refractivity contribution in [2.45, 2.75) is 18.9 Å². The first-order valence-corrected chi connectivity index (χ1v) is 5.18. The second kappa shape index (κ2) is 6.24. The monoisotopic (exact) mass is 210 g/mol. The summed E-state index contributed by atoms with van der Waals surface area (Å²) in [5, 5.41) is 2.84. The van der Waals surface area contributed by atoms with E-state index in [1.807, 2.05) is 12.2 Å². The smallest absolute Gasteiger partial charge is 0.226 e. The standard InChI is InChI=1S/C11H18N2O2/c1-2-15-7-3-6-13-11(14)9-4-5-10(12)8-9/h2,4-5,9-10H,1,3,6-8,12H2,(H,13,14). The molecule has 0 aliphatic heterocycles. The zero-order chi connectivity index (χ0) is 11.1. The van der Waals surface area contributed by atoms with Crippen molar-refractivity contribution < 1.29 is 9.53 Å². The maximum atomic E-state index is 11.5. The Bertz CT molecular complexity index is 251. The number of nitrogens with one attached hydrogen (secondary N) is 1. The van der Waals surface area contributed by atoms with Crippen LogP contribution in [0.1, 0.15) is 12.8 Å². The van der Waals surface area contributed by atoms with Crippen LogP contribution in [0.25, 0.3) is 0 Å². The van der Waals surface area contributed by atoms with Crippen LogP contribution in [0.4, 0.5) is 0 Å². The van der Waals surface area contributed by atoms with Crippen molar-refractivity contribution >= 4 is 5.91 Å². The van der Waals surface area contributed by atoms with Crippen LogP contribution in [-0.4, -0.2) is 25.1 Å². The number of carbonyl (C=O) groups excluding carboxylic acids is 1. The molecule has 0 radical (unpaired) electrons. The highest BCUT2D eigenvalue weighted by Crippen LogP contribution is 2.15. The number of hydrogen-bond acceptors (Lipinski definition) is 3. The van der Waals surface area contributed by atoms with Crippen LogP contribution in [0.5, 0.6) is 0 Å². The largest absolute Gasteiger partial charge is 0.502 e. The molecule has 0 heterocycles. The maximum Gasteiger partial charge on any atom is 0.226 e. The lowest BCUT2D eigenvalue weighted by molar-refractivity contribution is -0.123. The second-order valence-electron chi connectivity index (χ2n) is 3.57. The van der Waals surface area contributed by atoms with Crippen molar-refractivity contribution in [2.75, 3.05) is 13.2 Å². The van der Waals surface area contributed by atoms with Gasteiger partial charge < -0.3 is 15.8 Å². The Kier molecular flexibility index (Phi) is 4.90. The molecule has 0 aromatic rings. The van der Waals surface area contributed by atoms with Gasteiger partial charge in [-0.25, -0.2) is 0 Å². The summed E-state index contributed by atoms with van der Waals surface area (Å²) >= 11 is 0. The molecule has 0 saturated carbocycles. The van der Waals surface area contributed by atoms with Gasteiger partial charge in [-0.05, 0) is 12.8 Å². The molecule has 2 atom stereocenters. The Morgan fingerprint density at radius 3 is 3.07 bits per heavy atom. The van der Waals surface area contributed by atoms with Gasteiger partial charge in [-0.1, -0.05) is 18.7 Å². The molecule has 0 spiro atoms. The number of rotatable bonds is 6. The first-order valence-electron chi connectivity index (χ1n) is 5.18. The number of amides is 1. The predicted molar refractivity (Wildman–Crippen MR) is 59.0 cm³/mol. The highest BCUT2D eigenvalue weighted by atomic mass is 16.5. The Balaban J connectivity index is 2.09. The molecule has 0 fully saturated rings. The number of ether oxygens (including phenoxy) is 1. The van der Waals surface area contributed by atoms with Crippen molar-refractivity contribution in [3.63, 3.8) is 0 Å². The molecule has 84 valence electrons. The molecule has 4 nitrogen and oxygen atoms in total. The van der Waals surface area contributed by atoms with Crippen molar-refractivity contribution in [1.82, 2.24) is 5.32 Å². The van der Waals surface area contributed by atoms with Crippen molar-refractivity contribution in [1.29, 1.82) is 0 Å². The SMILES string of the molecule is C=COCCCNC(=O)C1C=CC(N)C1. The maximum absolute atomic E-state index is 11.5. The van der Waals surface area contributed by atoms with E-state index in [9.17, 15) is 4.79 Å². The number of nitrogens with two attached hydrogens (primary N) is 1. The van der Waals surface area contributed by atoms with Crippen molar-refractivity contribution in [3.05, 3.63) is 25.0 Å². The Morgan fingerprint density at radius 2 is 2.47 bits per heavy atom. The lowest BCUT2D eigenvalue weighted by Gasteiger charge is -2.10. The molecule has 1 aliphatic carbocycles. The zero-order valence-corrected chi connectivity index (χ0v) is 8.82. The summed E-state index contributed by atoms with van der Waals surface area (Å²) in [5.41, 5.74) is 5.66. The Hall–Kier alpha value is -1.29. The molecular weight excluding hydrogens is 192 g/mol. The van der Waals surface area contributed by atoms with Crippen LogP contribution in [-0.2, 0) is 9.53 Å². The number of hydrogen-bond donors (Lipinski definition) is 2. The molecule has 0 saturated heterocycles. The van der Waals surface area contributed by atoms with Gasteiger partial charge in [0.05, 0.1) is 18.8 Å². The van der Waals surface area contributed by atoms with Crippen LogP contribution in [0.3, 0.4) is 0 Å². The average molecular weight is 210 g/mol. The van der Waals surface area contributed by atoms with Gasteiger partial charge in [0.1, 0.15) is 0 Å². The molecule has 3 N–H and O–H groups in total. The average Bonchev–Trinajstić information content (AvgIpc) is 2.64. The van der Waals surface area contributed by atoms with Crippen molar-refractivity contribution in [2.24, 2.45) is 11.7 Å². The summed E-state index contributed by atoms with van der Waals surface area (Å²) in [7, 11) is 0. The zero-order valence-electron chi connectivity index (χ0n) is 8.82. The number of carbonyl (C=O) groups is 1. The quantitative estimate of drug-likeness (QED) is 0.382. The third-order valence-corrected chi connectivity index (χ3v) is 2.31. The third kappa shape index (κ3) is 4.16. The molecular formula is C11H18N2O2. The fourth-order valence-corrected chi connectivity index (χ4v) is 1.50.